The number of carbonyl (C=O) groups excluding carboxylic acids is 1. The van der Waals surface area contributed by atoms with E-state index in [0.29, 0.717) is 5.56 Å². The van der Waals surface area contributed by atoms with Crippen LogP contribution in [0.4, 0.5) is 0 Å². The Labute approximate surface area is 119 Å². The summed E-state index contributed by atoms with van der Waals surface area (Å²) >= 11 is 0. The third-order valence-electron chi connectivity index (χ3n) is 2.56. The quantitative estimate of drug-likeness (QED) is 0.550. The molecule has 0 aliphatic heterocycles. The maximum absolute atomic E-state index is 11.7. The molecule has 3 N–H and O–H groups in total. The number of aromatic hydroxyl groups is 1. The van der Waals surface area contributed by atoms with Gasteiger partial charge in [0.1, 0.15) is 5.56 Å². The van der Waals surface area contributed by atoms with E-state index in [9.17, 15) is 14.7 Å². The van der Waals surface area contributed by atoms with Crippen LogP contribution in [0.1, 0.15) is 15.9 Å². The van der Waals surface area contributed by atoms with E-state index in [1.165, 1.54) is 25.7 Å². The number of aromatic nitrogens is 2. The Kier molecular flexibility index (Phi) is 4.30. The first-order chi connectivity index (χ1) is 10.1. The molecule has 0 fully saturated rings. The average Bonchev–Trinajstić information content (AvgIpc) is 2.48. The van der Waals surface area contributed by atoms with E-state index in [4.69, 9.17) is 4.74 Å². The number of H-pyrrole nitrogens is 1. The van der Waals surface area contributed by atoms with Gasteiger partial charge in [-0.05, 0) is 12.1 Å². The van der Waals surface area contributed by atoms with Gasteiger partial charge in [0.2, 0.25) is 0 Å². The molecule has 0 bridgehead atoms. The van der Waals surface area contributed by atoms with Crippen LogP contribution in [0.5, 0.6) is 11.5 Å². The molecular formula is C13H12N4O4. The largest absolute Gasteiger partial charge is 0.504 e. The van der Waals surface area contributed by atoms with E-state index in [2.05, 4.69) is 20.5 Å². The number of aromatic amines is 1. The lowest BCUT2D eigenvalue weighted by molar-refractivity contribution is 0.0953. The fourth-order valence-corrected chi connectivity index (χ4v) is 1.59. The topological polar surface area (TPSA) is 117 Å². The lowest BCUT2D eigenvalue weighted by Gasteiger charge is -2.05. The Morgan fingerprint density at radius 2 is 2.33 bits per heavy atom. The standard InChI is InChI=1S/C13H12N4O4/c1-21-11-8(3-2-4-10(11)18)5-16-17-13(20)9-6-14-7-15-12(9)19/h2-7,18H,1H3,(H,17,20)(H,14,15,19)/b16-5-. The summed E-state index contributed by atoms with van der Waals surface area (Å²) in [7, 11) is 1.40. The average molecular weight is 288 g/mol. The highest BCUT2D eigenvalue weighted by Gasteiger charge is 2.09. The van der Waals surface area contributed by atoms with Crippen LogP contribution in [-0.2, 0) is 0 Å². The van der Waals surface area contributed by atoms with Crippen LogP contribution in [0.15, 0.2) is 40.6 Å². The third kappa shape index (κ3) is 3.24. The van der Waals surface area contributed by atoms with Crippen molar-refractivity contribution >= 4 is 12.1 Å². The number of carbonyl (C=O) groups is 1. The Balaban J connectivity index is 2.13. The van der Waals surface area contributed by atoms with Crippen molar-refractivity contribution < 1.29 is 14.6 Å². The number of hydrogen-bond acceptors (Lipinski definition) is 6. The number of hydrazone groups is 1. The first-order valence-electron chi connectivity index (χ1n) is 5.85. The number of benzene rings is 1. The van der Waals surface area contributed by atoms with Crippen molar-refractivity contribution in [3.63, 3.8) is 0 Å². The first-order valence-corrected chi connectivity index (χ1v) is 5.85. The number of rotatable bonds is 4. The van der Waals surface area contributed by atoms with Crippen LogP contribution in [-0.4, -0.2) is 34.3 Å². The van der Waals surface area contributed by atoms with E-state index in [0.717, 1.165) is 6.20 Å². The number of ether oxygens (including phenoxy) is 1. The summed E-state index contributed by atoms with van der Waals surface area (Å²) in [4.78, 5) is 29.0. The summed E-state index contributed by atoms with van der Waals surface area (Å²) in [6.45, 7) is 0. The Morgan fingerprint density at radius 3 is 3.05 bits per heavy atom. The SMILES string of the molecule is COc1c(O)cccc1/C=N\NC(=O)c1cnc[nH]c1=O. The minimum Gasteiger partial charge on any atom is -0.504 e. The van der Waals surface area contributed by atoms with Crippen molar-refractivity contribution in [1.29, 1.82) is 0 Å². The molecule has 2 rings (SSSR count). The number of hydrogen-bond donors (Lipinski definition) is 3. The maximum atomic E-state index is 11.7. The van der Waals surface area contributed by atoms with Gasteiger partial charge in [0.15, 0.2) is 11.5 Å². The van der Waals surface area contributed by atoms with Crippen molar-refractivity contribution in [2.75, 3.05) is 7.11 Å². The van der Waals surface area contributed by atoms with Crippen LogP contribution in [0.25, 0.3) is 0 Å². The highest BCUT2D eigenvalue weighted by molar-refractivity contribution is 5.94. The van der Waals surface area contributed by atoms with Gasteiger partial charge in [-0.15, -0.1) is 0 Å². The number of amides is 1. The van der Waals surface area contributed by atoms with E-state index in [1.807, 2.05) is 0 Å². The molecule has 1 aromatic heterocycles. The number of methoxy groups -OCH3 is 1. The predicted molar refractivity (Wildman–Crippen MR) is 74.6 cm³/mol. The molecule has 0 atom stereocenters. The fraction of sp³-hybridized carbons (Fsp3) is 0.0769. The van der Waals surface area contributed by atoms with Gasteiger partial charge in [0.25, 0.3) is 11.5 Å². The fourth-order valence-electron chi connectivity index (χ4n) is 1.59. The molecule has 0 saturated carbocycles. The number of nitrogens with one attached hydrogen (secondary N) is 2. The minimum atomic E-state index is -0.695. The first kappa shape index (κ1) is 14.3. The minimum absolute atomic E-state index is 0.0449. The number of phenols is 1. The van der Waals surface area contributed by atoms with Gasteiger partial charge >= 0.3 is 0 Å². The molecule has 0 spiro atoms. The molecule has 1 amide bonds. The van der Waals surface area contributed by atoms with Crippen LogP contribution in [0.2, 0.25) is 0 Å². The van der Waals surface area contributed by atoms with Crippen molar-refractivity contribution in [1.82, 2.24) is 15.4 Å². The molecule has 108 valence electrons. The summed E-state index contributed by atoms with van der Waals surface area (Å²) in [5.41, 5.74) is 1.95. The Bertz CT molecular complexity index is 739. The second-order valence-corrected chi connectivity index (χ2v) is 3.89. The number of para-hydroxylation sites is 1. The van der Waals surface area contributed by atoms with Gasteiger partial charge in [-0.25, -0.2) is 10.4 Å². The molecule has 0 aliphatic carbocycles. The molecule has 2 aromatic rings. The summed E-state index contributed by atoms with van der Waals surface area (Å²) in [6, 6.07) is 4.71. The van der Waals surface area contributed by atoms with Gasteiger partial charge in [-0.1, -0.05) is 6.07 Å². The van der Waals surface area contributed by atoms with E-state index < -0.39 is 11.5 Å². The predicted octanol–water partition coefficient (Wildman–Crippen LogP) is 0.248. The maximum Gasteiger partial charge on any atom is 0.278 e. The van der Waals surface area contributed by atoms with Gasteiger partial charge in [0.05, 0.1) is 19.7 Å². The molecule has 0 saturated heterocycles. The van der Waals surface area contributed by atoms with E-state index in [1.54, 1.807) is 12.1 Å². The van der Waals surface area contributed by atoms with Gasteiger partial charge in [-0.2, -0.15) is 5.10 Å². The van der Waals surface area contributed by atoms with Crippen LogP contribution >= 0.6 is 0 Å². The molecule has 8 heteroatoms. The van der Waals surface area contributed by atoms with Crippen molar-refractivity contribution in [2.45, 2.75) is 0 Å². The molecule has 1 aromatic carbocycles. The van der Waals surface area contributed by atoms with Crippen LogP contribution < -0.4 is 15.7 Å². The molecular weight excluding hydrogens is 276 g/mol. The van der Waals surface area contributed by atoms with E-state index >= 15 is 0 Å². The number of nitrogens with zero attached hydrogens (tertiary/aromatic N) is 2. The Morgan fingerprint density at radius 1 is 1.52 bits per heavy atom. The number of phenolic OH excluding ortho intramolecular Hbond substituents is 1. The zero-order valence-electron chi connectivity index (χ0n) is 11.0. The van der Waals surface area contributed by atoms with Crippen molar-refractivity contribution in [3.8, 4) is 11.5 Å². The summed E-state index contributed by atoms with van der Waals surface area (Å²) in [6.07, 6.45) is 3.61. The van der Waals surface area contributed by atoms with Gasteiger partial charge < -0.3 is 14.8 Å². The summed E-state index contributed by atoms with van der Waals surface area (Å²) < 4.78 is 5.02. The second kappa shape index (κ2) is 6.33. The zero-order valence-corrected chi connectivity index (χ0v) is 11.0. The zero-order chi connectivity index (χ0) is 15.2. The van der Waals surface area contributed by atoms with Crippen LogP contribution in [0, 0.1) is 0 Å². The van der Waals surface area contributed by atoms with E-state index in [-0.39, 0.29) is 17.1 Å². The normalized spacial score (nSPS) is 10.5. The Hall–Kier alpha value is -3.16. The summed E-state index contributed by atoms with van der Waals surface area (Å²) in [5, 5.41) is 13.3. The lowest BCUT2D eigenvalue weighted by atomic mass is 10.2. The third-order valence-corrected chi connectivity index (χ3v) is 2.56. The monoisotopic (exact) mass is 288 g/mol. The smallest absolute Gasteiger partial charge is 0.278 e. The molecule has 0 radical (unpaired) electrons. The molecule has 0 aliphatic rings. The molecule has 1 heterocycles. The highest BCUT2D eigenvalue weighted by Crippen LogP contribution is 2.28. The van der Waals surface area contributed by atoms with Crippen LogP contribution in [0.3, 0.4) is 0 Å². The summed E-state index contributed by atoms with van der Waals surface area (Å²) in [5.74, 6) is -0.508. The van der Waals surface area contributed by atoms with Gasteiger partial charge in [-0.3, -0.25) is 9.59 Å². The molecule has 8 nitrogen and oxygen atoms in total. The molecule has 21 heavy (non-hydrogen) atoms. The van der Waals surface area contributed by atoms with Gasteiger partial charge in [0, 0.05) is 11.8 Å². The highest BCUT2D eigenvalue weighted by atomic mass is 16.5. The van der Waals surface area contributed by atoms with Crippen molar-refractivity contribution in [2.24, 2.45) is 5.10 Å². The van der Waals surface area contributed by atoms with Crippen molar-refractivity contribution in [3.05, 3.63) is 52.2 Å². The molecule has 0 unspecified atom stereocenters. The lowest BCUT2D eigenvalue weighted by Crippen LogP contribution is -2.26. The second-order valence-electron chi connectivity index (χ2n) is 3.89.